The Balaban J connectivity index is 0.846. The minimum absolute atomic E-state index is 0.865. The summed E-state index contributed by atoms with van der Waals surface area (Å²) in [7, 11) is 0. The number of hydrogen-bond donors (Lipinski definition) is 0. The van der Waals surface area contributed by atoms with Crippen molar-refractivity contribution >= 4 is 109 Å². The molecule has 0 atom stereocenters. The van der Waals surface area contributed by atoms with Crippen molar-refractivity contribution in [1.82, 2.24) is 9.13 Å². The standard InChI is InChI=1S/C76H46N2O/c1-3-20-50(21-4-1)77-67-36-17-15-24-52(67)54-41-38-47(44-69(54)77)72-57-26-7-9-28-59(57)74(60-29-10-8-27-58(60)72)49-40-43-56-65-34-19-35-66(76(65)79-71(56)46-49)75-63-32-13-11-30-61(63)73(62-31-12-14-33-64(62)75)48-39-42-55-53-25-16-18-37-68(53)78(70(55)45-48)51-22-5-2-6-23-51/h1-46H. The summed E-state index contributed by atoms with van der Waals surface area (Å²) < 4.78 is 12.1. The van der Waals surface area contributed by atoms with Gasteiger partial charge in [0.15, 0.2) is 0 Å². The predicted molar refractivity (Wildman–Crippen MR) is 334 cm³/mol. The van der Waals surface area contributed by atoms with Crippen LogP contribution in [0.4, 0.5) is 0 Å². The molecule has 3 aromatic heterocycles. The van der Waals surface area contributed by atoms with E-state index in [1.807, 2.05) is 0 Å². The molecule has 14 aromatic carbocycles. The molecule has 3 nitrogen and oxygen atoms in total. The van der Waals surface area contributed by atoms with Gasteiger partial charge in [-0.1, -0.05) is 218 Å². The highest BCUT2D eigenvalue weighted by molar-refractivity contribution is 6.26. The van der Waals surface area contributed by atoms with Crippen LogP contribution < -0.4 is 0 Å². The van der Waals surface area contributed by atoms with E-state index in [0.717, 1.165) is 44.4 Å². The lowest BCUT2D eigenvalue weighted by molar-refractivity contribution is 0.670. The van der Waals surface area contributed by atoms with Crippen LogP contribution in [0.1, 0.15) is 0 Å². The molecule has 0 aliphatic carbocycles. The Morgan fingerprint density at radius 2 is 0.544 bits per heavy atom. The molecule has 0 saturated heterocycles. The van der Waals surface area contributed by atoms with Crippen molar-refractivity contribution in [2.45, 2.75) is 0 Å². The van der Waals surface area contributed by atoms with Crippen molar-refractivity contribution in [3.63, 3.8) is 0 Å². The Kier molecular flexibility index (Phi) is 9.42. The number of para-hydroxylation sites is 5. The Morgan fingerprint density at radius 3 is 0.975 bits per heavy atom. The SMILES string of the molecule is c1ccc(-n2c3ccccc3c3ccc(-c4c5ccccc5c(-c5ccc6c(c5)oc5c(-c7c8ccccc8c(-c8ccc9c%10ccccc%10n(-c%10ccccc%10)c9c8)c8ccccc78)cccc56)c5ccccc45)cc32)cc1. The third-order valence-electron chi connectivity index (χ3n) is 16.9. The number of furan rings is 1. The van der Waals surface area contributed by atoms with Gasteiger partial charge in [-0.2, -0.15) is 0 Å². The summed E-state index contributed by atoms with van der Waals surface area (Å²) in [5.41, 5.74) is 18.2. The van der Waals surface area contributed by atoms with Gasteiger partial charge in [0.25, 0.3) is 0 Å². The van der Waals surface area contributed by atoms with Crippen molar-refractivity contribution in [2.24, 2.45) is 0 Å². The van der Waals surface area contributed by atoms with Crippen LogP contribution in [0.3, 0.4) is 0 Å². The fourth-order valence-corrected chi connectivity index (χ4v) is 13.6. The second-order valence-electron chi connectivity index (χ2n) is 21.0. The second-order valence-corrected chi connectivity index (χ2v) is 21.0. The summed E-state index contributed by atoms with van der Waals surface area (Å²) in [5, 5.41) is 16.8. The Bertz CT molecular complexity index is 5250. The number of fused-ring (bicyclic) bond motifs is 13. The lowest BCUT2D eigenvalue weighted by Crippen LogP contribution is -1.94. The maximum atomic E-state index is 7.27. The maximum Gasteiger partial charge on any atom is 0.143 e. The van der Waals surface area contributed by atoms with Gasteiger partial charge in [-0.3, -0.25) is 0 Å². The first-order valence-electron chi connectivity index (χ1n) is 27.2. The van der Waals surface area contributed by atoms with Crippen LogP contribution >= 0.6 is 0 Å². The zero-order valence-electron chi connectivity index (χ0n) is 42.9. The zero-order chi connectivity index (χ0) is 51.7. The van der Waals surface area contributed by atoms with Crippen LogP contribution in [-0.4, -0.2) is 9.13 Å². The van der Waals surface area contributed by atoms with E-state index in [2.05, 4.69) is 288 Å². The zero-order valence-corrected chi connectivity index (χ0v) is 42.9. The quantitative estimate of drug-likeness (QED) is 0.152. The number of hydrogen-bond acceptors (Lipinski definition) is 1. The monoisotopic (exact) mass is 1000 g/mol. The molecule has 17 rings (SSSR count). The van der Waals surface area contributed by atoms with Crippen LogP contribution in [0.25, 0.3) is 165 Å². The third-order valence-corrected chi connectivity index (χ3v) is 16.9. The Labute approximate surface area is 454 Å². The molecule has 0 saturated carbocycles. The minimum atomic E-state index is 0.865. The molecule has 79 heavy (non-hydrogen) atoms. The summed E-state index contributed by atoms with van der Waals surface area (Å²) in [6, 6.07) is 102. The number of benzene rings is 14. The molecule has 366 valence electrons. The molecule has 3 heterocycles. The Morgan fingerprint density at radius 1 is 0.215 bits per heavy atom. The van der Waals surface area contributed by atoms with Crippen LogP contribution in [-0.2, 0) is 0 Å². The fourth-order valence-electron chi connectivity index (χ4n) is 13.6. The molecule has 0 radical (unpaired) electrons. The first-order chi connectivity index (χ1) is 39.2. The van der Waals surface area contributed by atoms with Crippen molar-refractivity contribution < 1.29 is 4.42 Å². The molecular formula is C76H46N2O. The lowest BCUT2D eigenvalue weighted by atomic mass is 9.85. The molecule has 0 bridgehead atoms. The smallest absolute Gasteiger partial charge is 0.143 e. The summed E-state index contributed by atoms with van der Waals surface area (Å²) in [4.78, 5) is 0. The van der Waals surface area contributed by atoms with Crippen molar-refractivity contribution in [1.29, 1.82) is 0 Å². The van der Waals surface area contributed by atoms with E-state index in [4.69, 9.17) is 4.42 Å². The molecule has 17 aromatic rings. The second kappa shape index (κ2) is 17.0. The van der Waals surface area contributed by atoms with Crippen LogP contribution in [0.15, 0.2) is 283 Å². The number of nitrogens with zero attached hydrogens (tertiary/aromatic N) is 2. The third kappa shape index (κ3) is 6.42. The predicted octanol–water partition coefficient (Wildman–Crippen LogP) is 21.1. The van der Waals surface area contributed by atoms with Crippen molar-refractivity contribution in [3.8, 4) is 55.9 Å². The van der Waals surface area contributed by atoms with E-state index in [1.54, 1.807) is 0 Å². The van der Waals surface area contributed by atoms with Gasteiger partial charge in [0.2, 0.25) is 0 Å². The van der Waals surface area contributed by atoms with Crippen molar-refractivity contribution in [3.05, 3.63) is 279 Å². The van der Waals surface area contributed by atoms with Gasteiger partial charge < -0.3 is 13.6 Å². The van der Waals surface area contributed by atoms with E-state index in [-0.39, 0.29) is 0 Å². The molecule has 0 spiro atoms. The molecule has 0 aliphatic heterocycles. The van der Waals surface area contributed by atoms with Crippen LogP contribution in [0.5, 0.6) is 0 Å². The Hall–Kier alpha value is -10.5. The molecular weight excluding hydrogens is 957 g/mol. The highest BCUT2D eigenvalue weighted by atomic mass is 16.3. The number of rotatable bonds is 6. The van der Waals surface area contributed by atoms with Gasteiger partial charge >= 0.3 is 0 Å². The van der Waals surface area contributed by atoms with Gasteiger partial charge in [-0.25, -0.2) is 0 Å². The highest BCUT2D eigenvalue weighted by Crippen LogP contribution is 2.50. The van der Waals surface area contributed by atoms with Gasteiger partial charge in [-0.05, 0) is 137 Å². The average Bonchev–Trinajstić information content (AvgIpc) is 4.37. The maximum absolute atomic E-state index is 7.27. The highest BCUT2D eigenvalue weighted by Gasteiger charge is 2.24. The van der Waals surface area contributed by atoms with Crippen molar-refractivity contribution in [2.75, 3.05) is 0 Å². The van der Waals surface area contributed by atoms with Crippen LogP contribution in [0, 0.1) is 0 Å². The van der Waals surface area contributed by atoms with Gasteiger partial charge in [-0.15, -0.1) is 0 Å². The van der Waals surface area contributed by atoms with E-state index < -0.39 is 0 Å². The van der Waals surface area contributed by atoms with Gasteiger partial charge in [0.05, 0.1) is 22.1 Å². The molecule has 0 amide bonds. The van der Waals surface area contributed by atoms with Gasteiger partial charge in [0, 0.05) is 54.8 Å². The molecule has 0 N–H and O–H groups in total. The molecule has 0 unspecified atom stereocenters. The summed E-state index contributed by atoms with van der Waals surface area (Å²) in [5.74, 6) is 0. The summed E-state index contributed by atoms with van der Waals surface area (Å²) in [6.07, 6.45) is 0. The fraction of sp³-hybridized carbons (Fsp3) is 0. The van der Waals surface area contributed by atoms with E-state index >= 15 is 0 Å². The summed E-state index contributed by atoms with van der Waals surface area (Å²) >= 11 is 0. The topological polar surface area (TPSA) is 23.0 Å². The van der Waals surface area contributed by atoms with Crippen LogP contribution in [0.2, 0.25) is 0 Å². The largest absolute Gasteiger partial charge is 0.455 e. The molecule has 0 fully saturated rings. The summed E-state index contributed by atoms with van der Waals surface area (Å²) in [6.45, 7) is 0. The number of aromatic nitrogens is 2. The van der Waals surface area contributed by atoms with E-state index in [0.29, 0.717) is 0 Å². The normalized spacial score (nSPS) is 12.1. The molecule has 0 aliphatic rings. The van der Waals surface area contributed by atoms with Gasteiger partial charge in [0.1, 0.15) is 11.2 Å². The van der Waals surface area contributed by atoms with E-state index in [1.165, 1.54) is 120 Å². The minimum Gasteiger partial charge on any atom is -0.455 e. The molecule has 3 heteroatoms. The van der Waals surface area contributed by atoms with E-state index in [9.17, 15) is 0 Å². The average molecular weight is 1000 g/mol. The first kappa shape index (κ1) is 43.7. The lowest BCUT2D eigenvalue weighted by Gasteiger charge is -2.18. The first-order valence-corrected chi connectivity index (χ1v) is 27.2.